The van der Waals surface area contributed by atoms with Gasteiger partial charge in [0, 0.05) is 5.56 Å². The summed E-state index contributed by atoms with van der Waals surface area (Å²) in [5.74, 6) is 0.0802. The number of benzene rings is 1. The second-order valence-corrected chi connectivity index (χ2v) is 4.18. The Labute approximate surface area is 105 Å². The van der Waals surface area contributed by atoms with Gasteiger partial charge in [0.05, 0.1) is 0 Å². The lowest BCUT2D eigenvalue weighted by Crippen LogP contribution is -2.21. The number of halogens is 1. The molecule has 0 saturated heterocycles. The standard InChI is InChI=1S/C12H9FN4O2/c1-5-4-6(2-3-7(5)13)9-14-8-10(15-9)16-12(19)17-11(8)18/h2-4H,1H3,(H3,14,15,16,17,18,19). The van der Waals surface area contributed by atoms with Crippen LogP contribution in [-0.2, 0) is 0 Å². The van der Waals surface area contributed by atoms with E-state index in [1.807, 2.05) is 0 Å². The van der Waals surface area contributed by atoms with Gasteiger partial charge >= 0.3 is 5.69 Å². The lowest BCUT2D eigenvalue weighted by atomic mass is 10.1. The highest BCUT2D eigenvalue weighted by Crippen LogP contribution is 2.20. The molecular formula is C12H9FN4O2. The molecule has 0 fully saturated rings. The molecule has 0 unspecified atom stereocenters. The Morgan fingerprint density at radius 2 is 1.95 bits per heavy atom. The molecule has 3 N–H and O–H groups in total. The van der Waals surface area contributed by atoms with Gasteiger partial charge in [-0.05, 0) is 30.7 Å². The van der Waals surface area contributed by atoms with E-state index in [-0.39, 0.29) is 17.0 Å². The molecule has 0 spiro atoms. The van der Waals surface area contributed by atoms with E-state index in [0.29, 0.717) is 17.0 Å². The molecular weight excluding hydrogens is 251 g/mol. The van der Waals surface area contributed by atoms with Gasteiger partial charge in [0.25, 0.3) is 5.56 Å². The van der Waals surface area contributed by atoms with Crippen LogP contribution < -0.4 is 11.2 Å². The van der Waals surface area contributed by atoms with Crippen LogP contribution in [0.2, 0.25) is 0 Å². The smallest absolute Gasteiger partial charge is 0.327 e. The summed E-state index contributed by atoms with van der Waals surface area (Å²) in [7, 11) is 0. The summed E-state index contributed by atoms with van der Waals surface area (Å²) in [6.07, 6.45) is 0. The van der Waals surface area contributed by atoms with Crippen LogP contribution in [0.1, 0.15) is 5.56 Å². The molecule has 0 radical (unpaired) electrons. The monoisotopic (exact) mass is 260 g/mol. The molecule has 0 atom stereocenters. The molecule has 2 aromatic heterocycles. The third-order valence-electron chi connectivity index (χ3n) is 2.82. The number of aromatic nitrogens is 4. The van der Waals surface area contributed by atoms with Gasteiger partial charge in [0.15, 0.2) is 5.65 Å². The largest absolute Gasteiger partial charge is 0.332 e. The molecule has 0 aliphatic rings. The molecule has 3 aromatic rings. The van der Waals surface area contributed by atoms with Crippen molar-refractivity contribution in [1.29, 1.82) is 0 Å². The zero-order chi connectivity index (χ0) is 13.6. The van der Waals surface area contributed by atoms with Crippen molar-refractivity contribution in [3.63, 3.8) is 0 Å². The second kappa shape index (κ2) is 3.91. The minimum atomic E-state index is -0.620. The lowest BCUT2D eigenvalue weighted by Gasteiger charge is -1.99. The van der Waals surface area contributed by atoms with Gasteiger partial charge in [-0.2, -0.15) is 0 Å². The lowest BCUT2D eigenvalue weighted by molar-refractivity contribution is 0.618. The Morgan fingerprint density at radius 3 is 2.68 bits per heavy atom. The Bertz CT molecular complexity index is 891. The van der Waals surface area contributed by atoms with E-state index < -0.39 is 11.2 Å². The molecule has 0 aliphatic carbocycles. The highest BCUT2D eigenvalue weighted by Gasteiger charge is 2.10. The van der Waals surface area contributed by atoms with Crippen LogP contribution >= 0.6 is 0 Å². The number of nitrogens with one attached hydrogen (secondary N) is 3. The first-order chi connectivity index (χ1) is 9.04. The molecule has 7 heteroatoms. The Balaban J connectivity index is 2.26. The van der Waals surface area contributed by atoms with Gasteiger partial charge in [-0.3, -0.25) is 14.8 Å². The molecule has 1 aromatic carbocycles. The molecule has 0 bridgehead atoms. The number of hydrogen-bond donors (Lipinski definition) is 3. The first-order valence-electron chi connectivity index (χ1n) is 5.53. The maximum absolute atomic E-state index is 13.2. The highest BCUT2D eigenvalue weighted by molar-refractivity contribution is 5.74. The van der Waals surface area contributed by atoms with E-state index in [0.717, 1.165) is 0 Å². The summed E-state index contributed by atoms with van der Waals surface area (Å²) < 4.78 is 13.2. The number of aryl methyl sites for hydroxylation is 1. The van der Waals surface area contributed by atoms with Gasteiger partial charge in [-0.1, -0.05) is 0 Å². The van der Waals surface area contributed by atoms with Gasteiger partial charge in [0.2, 0.25) is 0 Å². The van der Waals surface area contributed by atoms with Crippen LogP contribution in [-0.4, -0.2) is 19.9 Å². The van der Waals surface area contributed by atoms with Gasteiger partial charge in [-0.25, -0.2) is 14.2 Å². The summed E-state index contributed by atoms with van der Waals surface area (Å²) in [6.45, 7) is 1.64. The fourth-order valence-electron chi connectivity index (χ4n) is 1.86. The molecule has 0 saturated carbocycles. The SMILES string of the molecule is Cc1cc(-c2nc3[nH]c(=O)[nH]c(=O)c3[nH]2)ccc1F. The minimum Gasteiger partial charge on any atom is -0.332 e. The summed E-state index contributed by atoms with van der Waals surface area (Å²) in [5, 5.41) is 0. The van der Waals surface area contributed by atoms with E-state index in [1.165, 1.54) is 6.07 Å². The fraction of sp³-hybridized carbons (Fsp3) is 0.0833. The summed E-state index contributed by atoms with van der Waals surface area (Å²) in [4.78, 5) is 34.1. The van der Waals surface area contributed by atoms with Crippen molar-refractivity contribution in [3.8, 4) is 11.4 Å². The van der Waals surface area contributed by atoms with Crippen LogP contribution in [0, 0.1) is 12.7 Å². The number of hydrogen-bond acceptors (Lipinski definition) is 3. The van der Waals surface area contributed by atoms with Crippen LogP contribution in [0.3, 0.4) is 0 Å². The average molecular weight is 260 g/mol. The summed E-state index contributed by atoms with van der Waals surface area (Å²) in [5.41, 5.74) is 0.292. The topological polar surface area (TPSA) is 94.4 Å². The highest BCUT2D eigenvalue weighted by atomic mass is 19.1. The van der Waals surface area contributed by atoms with Crippen molar-refractivity contribution in [2.75, 3.05) is 0 Å². The number of rotatable bonds is 1. The third-order valence-corrected chi connectivity index (χ3v) is 2.82. The first-order valence-corrected chi connectivity index (χ1v) is 5.53. The van der Waals surface area contributed by atoms with Gasteiger partial charge < -0.3 is 4.98 Å². The summed E-state index contributed by atoms with van der Waals surface area (Å²) in [6, 6.07) is 4.48. The zero-order valence-electron chi connectivity index (χ0n) is 9.87. The number of aromatic amines is 3. The van der Waals surface area contributed by atoms with E-state index in [9.17, 15) is 14.0 Å². The van der Waals surface area contributed by atoms with Gasteiger partial charge in [0.1, 0.15) is 17.2 Å². The van der Waals surface area contributed by atoms with E-state index >= 15 is 0 Å². The Hall–Kier alpha value is -2.70. The second-order valence-electron chi connectivity index (χ2n) is 4.18. The number of fused-ring (bicyclic) bond motifs is 1. The van der Waals surface area contributed by atoms with Crippen molar-refractivity contribution in [2.45, 2.75) is 6.92 Å². The van der Waals surface area contributed by atoms with Crippen molar-refractivity contribution >= 4 is 11.2 Å². The molecule has 6 nitrogen and oxygen atoms in total. The molecule has 0 amide bonds. The maximum atomic E-state index is 13.2. The van der Waals surface area contributed by atoms with Crippen molar-refractivity contribution in [3.05, 3.63) is 50.4 Å². The Morgan fingerprint density at radius 1 is 1.16 bits per heavy atom. The normalized spacial score (nSPS) is 11.1. The zero-order valence-corrected chi connectivity index (χ0v) is 9.87. The third kappa shape index (κ3) is 1.85. The predicted octanol–water partition coefficient (Wildman–Crippen LogP) is 1.05. The molecule has 2 heterocycles. The minimum absolute atomic E-state index is 0.172. The van der Waals surface area contributed by atoms with E-state index in [2.05, 4.69) is 19.9 Å². The molecule has 96 valence electrons. The Kier molecular flexibility index (Phi) is 2.34. The van der Waals surface area contributed by atoms with E-state index in [4.69, 9.17) is 0 Å². The molecule has 19 heavy (non-hydrogen) atoms. The average Bonchev–Trinajstić information content (AvgIpc) is 2.76. The maximum Gasteiger partial charge on any atom is 0.327 e. The van der Waals surface area contributed by atoms with Crippen LogP contribution in [0.25, 0.3) is 22.6 Å². The van der Waals surface area contributed by atoms with Crippen LogP contribution in [0.5, 0.6) is 0 Å². The van der Waals surface area contributed by atoms with Crippen molar-refractivity contribution in [2.24, 2.45) is 0 Å². The number of nitrogens with zero attached hydrogens (tertiary/aromatic N) is 1. The van der Waals surface area contributed by atoms with Crippen molar-refractivity contribution < 1.29 is 4.39 Å². The molecule has 3 rings (SSSR count). The van der Waals surface area contributed by atoms with Crippen LogP contribution in [0.4, 0.5) is 4.39 Å². The van der Waals surface area contributed by atoms with E-state index in [1.54, 1.807) is 19.1 Å². The van der Waals surface area contributed by atoms with Crippen molar-refractivity contribution in [1.82, 2.24) is 19.9 Å². The number of imidazole rings is 1. The summed E-state index contributed by atoms with van der Waals surface area (Å²) >= 11 is 0. The molecule has 0 aliphatic heterocycles. The quantitative estimate of drug-likeness (QED) is 0.610. The van der Waals surface area contributed by atoms with Gasteiger partial charge in [-0.15, -0.1) is 0 Å². The predicted molar refractivity (Wildman–Crippen MR) is 67.5 cm³/mol. The fourth-order valence-corrected chi connectivity index (χ4v) is 1.86. The first kappa shape index (κ1) is 11.4. The van der Waals surface area contributed by atoms with Crippen LogP contribution in [0.15, 0.2) is 27.8 Å². The number of H-pyrrole nitrogens is 3.